The lowest BCUT2D eigenvalue weighted by Gasteiger charge is -2.10. The van der Waals surface area contributed by atoms with Crippen molar-refractivity contribution in [3.05, 3.63) is 58.6 Å². The van der Waals surface area contributed by atoms with Crippen molar-refractivity contribution < 1.29 is 9.21 Å². The van der Waals surface area contributed by atoms with Gasteiger partial charge in [0.25, 0.3) is 5.91 Å². The van der Waals surface area contributed by atoms with Gasteiger partial charge in [0.15, 0.2) is 0 Å². The summed E-state index contributed by atoms with van der Waals surface area (Å²) in [6.07, 6.45) is 3.80. The van der Waals surface area contributed by atoms with Crippen molar-refractivity contribution >= 4 is 5.91 Å². The summed E-state index contributed by atoms with van der Waals surface area (Å²) in [6, 6.07) is 6.18. The molecule has 1 amide bonds. The minimum atomic E-state index is -0.203. The lowest BCUT2D eigenvalue weighted by molar-refractivity contribution is 0.0946. The van der Waals surface area contributed by atoms with Gasteiger partial charge in [-0.1, -0.05) is 12.1 Å². The average Bonchev–Trinajstić information content (AvgIpc) is 3.24. The highest BCUT2D eigenvalue weighted by Gasteiger charge is 2.29. The Kier molecular flexibility index (Phi) is 4.06. The smallest absolute Gasteiger partial charge is 0.255 e. The van der Waals surface area contributed by atoms with Crippen LogP contribution in [0.4, 0.5) is 0 Å². The number of aryl methyl sites for hydroxylation is 2. The molecule has 0 atom stereocenters. The lowest BCUT2D eigenvalue weighted by atomic mass is 10.1. The maximum atomic E-state index is 12.5. The van der Waals surface area contributed by atoms with Crippen LogP contribution in [-0.2, 0) is 6.54 Å². The number of nitrogens with zero attached hydrogens (tertiary/aromatic N) is 4. The molecule has 0 bridgehead atoms. The number of carbonyl (C=O) groups is 1. The highest BCUT2D eigenvalue weighted by molar-refractivity contribution is 5.95. The Morgan fingerprint density at radius 1 is 1.27 bits per heavy atom. The molecule has 134 valence electrons. The third-order valence-electron chi connectivity index (χ3n) is 4.66. The van der Waals surface area contributed by atoms with E-state index in [-0.39, 0.29) is 12.5 Å². The summed E-state index contributed by atoms with van der Waals surface area (Å²) in [5.41, 5.74) is 4.56. The zero-order valence-corrected chi connectivity index (χ0v) is 15.1. The molecule has 26 heavy (non-hydrogen) atoms. The molecule has 2 aromatic heterocycles. The fourth-order valence-corrected chi connectivity index (χ4v) is 2.91. The summed E-state index contributed by atoms with van der Waals surface area (Å²) in [4.78, 5) is 12.5. The quantitative estimate of drug-likeness (QED) is 0.764. The van der Waals surface area contributed by atoms with Crippen molar-refractivity contribution in [1.29, 1.82) is 0 Å². The van der Waals surface area contributed by atoms with Gasteiger partial charge in [-0.15, -0.1) is 10.2 Å². The minimum absolute atomic E-state index is 0.203. The van der Waals surface area contributed by atoms with Crippen molar-refractivity contribution in [2.45, 2.75) is 46.1 Å². The van der Waals surface area contributed by atoms with Crippen LogP contribution in [0.15, 0.2) is 28.8 Å². The molecule has 7 heteroatoms. The maximum Gasteiger partial charge on any atom is 0.255 e. The summed E-state index contributed by atoms with van der Waals surface area (Å²) in [5, 5.41) is 15.2. The van der Waals surface area contributed by atoms with Crippen LogP contribution < -0.4 is 5.32 Å². The number of benzene rings is 1. The largest absolute Gasteiger partial charge is 0.423 e. The number of nitrogens with one attached hydrogen (secondary N) is 1. The van der Waals surface area contributed by atoms with E-state index in [1.807, 2.05) is 20.8 Å². The van der Waals surface area contributed by atoms with Crippen LogP contribution in [0.3, 0.4) is 0 Å². The van der Waals surface area contributed by atoms with Gasteiger partial charge in [-0.3, -0.25) is 4.79 Å². The number of hydrogen-bond donors (Lipinski definition) is 1. The summed E-state index contributed by atoms with van der Waals surface area (Å²) < 4.78 is 7.37. The number of aromatic nitrogens is 4. The predicted octanol–water partition coefficient (Wildman–Crippen LogP) is 2.99. The van der Waals surface area contributed by atoms with Gasteiger partial charge in [-0.25, -0.2) is 4.68 Å². The Labute approximate surface area is 151 Å². The number of carbonyl (C=O) groups excluding carboxylic acids is 1. The highest BCUT2D eigenvalue weighted by Crippen LogP contribution is 2.38. The van der Waals surface area contributed by atoms with E-state index in [2.05, 4.69) is 38.8 Å². The van der Waals surface area contributed by atoms with E-state index in [4.69, 9.17) is 4.42 Å². The van der Waals surface area contributed by atoms with E-state index in [9.17, 15) is 4.79 Å². The monoisotopic (exact) mass is 351 g/mol. The normalized spacial score (nSPS) is 13.8. The van der Waals surface area contributed by atoms with Crippen LogP contribution in [0.1, 0.15) is 57.7 Å². The number of rotatable bonds is 5. The van der Waals surface area contributed by atoms with Gasteiger partial charge in [0.2, 0.25) is 11.8 Å². The van der Waals surface area contributed by atoms with E-state index in [0.717, 1.165) is 35.3 Å². The molecule has 3 aromatic rings. The van der Waals surface area contributed by atoms with Crippen molar-refractivity contribution in [2.75, 3.05) is 0 Å². The molecular weight excluding hydrogens is 330 g/mol. The van der Waals surface area contributed by atoms with Crippen molar-refractivity contribution in [3.63, 3.8) is 0 Å². The molecule has 2 heterocycles. The summed E-state index contributed by atoms with van der Waals surface area (Å²) in [5.74, 6) is 1.31. The Morgan fingerprint density at radius 3 is 2.85 bits per heavy atom. The molecule has 0 unspecified atom stereocenters. The van der Waals surface area contributed by atoms with Crippen molar-refractivity contribution in [2.24, 2.45) is 0 Å². The highest BCUT2D eigenvalue weighted by atomic mass is 16.4. The molecule has 7 nitrogen and oxygen atoms in total. The first-order chi connectivity index (χ1) is 12.5. The predicted molar refractivity (Wildman–Crippen MR) is 95.2 cm³/mol. The first-order valence-corrected chi connectivity index (χ1v) is 8.75. The van der Waals surface area contributed by atoms with E-state index in [0.29, 0.717) is 23.3 Å². The van der Waals surface area contributed by atoms with Crippen LogP contribution in [-0.4, -0.2) is 25.9 Å². The van der Waals surface area contributed by atoms with Crippen LogP contribution in [0, 0.1) is 20.8 Å². The average molecular weight is 351 g/mol. The lowest BCUT2D eigenvalue weighted by Crippen LogP contribution is -2.23. The minimum Gasteiger partial charge on any atom is -0.423 e. The first-order valence-electron chi connectivity index (χ1n) is 8.75. The van der Waals surface area contributed by atoms with E-state index in [1.54, 1.807) is 10.9 Å². The van der Waals surface area contributed by atoms with Gasteiger partial charge in [0.1, 0.15) is 0 Å². The standard InChI is InChI=1S/C19H21N5O2/c1-11-4-5-12(2)16(8-11)24-13(3)15(9-21-24)18(25)20-10-17-22-23-19(26-17)14-6-7-14/h4-5,8-9,14H,6-7,10H2,1-3H3,(H,20,25). The van der Waals surface area contributed by atoms with E-state index in [1.165, 1.54) is 0 Å². The number of hydrogen-bond acceptors (Lipinski definition) is 5. The van der Waals surface area contributed by atoms with Gasteiger partial charge >= 0.3 is 0 Å². The van der Waals surface area contributed by atoms with E-state index >= 15 is 0 Å². The molecule has 4 rings (SSSR count). The second-order valence-electron chi connectivity index (χ2n) is 6.84. The number of amides is 1. The molecule has 1 fully saturated rings. The molecule has 0 saturated heterocycles. The van der Waals surface area contributed by atoms with Crippen LogP contribution >= 0.6 is 0 Å². The molecule has 1 aliphatic rings. The molecule has 0 spiro atoms. The Bertz CT molecular complexity index is 968. The Balaban J connectivity index is 1.49. The summed E-state index contributed by atoms with van der Waals surface area (Å²) >= 11 is 0. The molecule has 1 N–H and O–H groups in total. The van der Waals surface area contributed by atoms with Crippen LogP contribution in [0.25, 0.3) is 5.69 Å². The fraction of sp³-hybridized carbons (Fsp3) is 0.368. The van der Waals surface area contributed by atoms with Crippen LogP contribution in [0.5, 0.6) is 0 Å². The third kappa shape index (κ3) is 3.12. The Hall–Kier alpha value is -2.96. The maximum absolute atomic E-state index is 12.5. The summed E-state index contributed by atoms with van der Waals surface area (Å²) in [7, 11) is 0. The second-order valence-corrected chi connectivity index (χ2v) is 6.84. The molecule has 0 radical (unpaired) electrons. The molecule has 0 aliphatic heterocycles. The van der Waals surface area contributed by atoms with Crippen LogP contribution in [0.2, 0.25) is 0 Å². The zero-order valence-electron chi connectivity index (χ0n) is 15.1. The molecule has 1 aliphatic carbocycles. The van der Waals surface area contributed by atoms with Crippen molar-refractivity contribution in [3.8, 4) is 5.69 Å². The van der Waals surface area contributed by atoms with E-state index < -0.39 is 0 Å². The SMILES string of the molecule is Cc1ccc(C)c(-n2ncc(C(=O)NCc3nnc(C4CC4)o3)c2C)c1. The zero-order chi connectivity index (χ0) is 18.3. The summed E-state index contributed by atoms with van der Waals surface area (Å²) in [6.45, 7) is 6.17. The van der Waals surface area contributed by atoms with Crippen molar-refractivity contribution in [1.82, 2.24) is 25.3 Å². The molecular formula is C19H21N5O2. The first kappa shape index (κ1) is 16.5. The van der Waals surface area contributed by atoms with Gasteiger partial charge in [0, 0.05) is 5.92 Å². The topological polar surface area (TPSA) is 85.8 Å². The van der Waals surface area contributed by atoms with Gasteiger partial charge in [-0.2, -0.15) is 5.10 Å². The Morgan fingerprint density at radius 2 is 2.08 bits per heavy atom. The van der Waals surface area contributed by atoms with Gasteiger partial charge < -0.3 is 9.73 Å². The fourth-order valence-electron chi connectivity index (χ4n) is 2.91. The van der Waals surface area contributed by atoms with Gasteiger partial charge in [-0.05, 0) is 50.8 Å². The molecule has 1 aromatic carbocycles. The van der Waals surface area contributed by atoms with Gasteiger partial charge in [0.05, 0.1) is 29.7 Å². The molecule has 1 saturated carbocycles. The third-order valence-corrected chi connectivity index (χ3v) is 4.66. The second kappa shape index (κ2) is 6.40.